The van der Waals surface area contributed by atoms with Crippen molar-refractivity contribution < 1.29 is 4.79 Å². The van der Waals surface area contributed by atoms with Crippen molar-refractivity contribution >= 4 is 16.7 Å². The van der Waals surface area contributed by atoms with Crippen LogP contribution in [-0.2, 0) is 0 Å². The second-order valence-corrected chi connectivity index (χ2v) is 4.80. The molecule has 0 radical (unpaired) electrons. The Morgan fingerprint density at radius 1 is 1.29 bits per heavy atom. The van der Waals surface area contributed by atoms with E-state index in [1.165, 1.54) is 0 Å². The van der Waals surface area contributed by atoms with Gasteiger partial charge in [-0.3, -0.25) is 4.79 Å². The maximum Gasteiger partial charge on any atom is 0.182 e. The third kappa shape index (κ3) is 1.98. The summed E-state index contributed by atoms with van der Waals surface area (Å²) in [7, 11) is 0. The highest BCUT2D eigenvalue weighted by Gasteiger charge is 2.23. The van der Waals surface area contributed by atoms with Crippen LogP contribution < -0.4 is 5.73 Å². The van der Waals surface area contributed by atoms with E-state index < -0.39 is 6.04 Å². The van der Waals surface area contributed by atoms with E-state index in [0.29, 0.717) is 0 Å². The number of fused-ring (bicyclic) bond motifs is 1. The van der Waals surface area contributed by atoms with Gasteiger partial charge in [0.05, 0.1) is 6.04 Å². The van der Waals surface area contributed by atoms with Crippen LogP contribution in [0.2, 0.25) is 0 Å². The second-order valence-electron chi connectivity index (χ2n) is 4.80. The molecule has 17 heavy (non-hydrogen) atoms. The van der Waals surface area contributed by atoms with Gasteiger partial charge in [-0.15, -0.1) is 0 Å². The van der Waals surface area contributed by atoms with E-state index in [9.17, 15) is 4.79 Å². The van der Waals surface area contributed by atoms with Crippen molar-refractivity contribution in [1.29, 1.82) is 0 Å². The molecule has 3 heteroatoms. The van der Waals surface area contributed by atoms with Gasteiger partial charge < -0.3 is 10.7 Å². The number of hydrogen-bond donors (Lipinski definition) is 2. The van der Waals surface area contributed by atoms with Crippen LogP contribution in [-0.4, -0.2) is 16.8 Å². The number of rotatable bonds is 3. The first kappa shape index (κ1) is 11.9. The number of nitrogens with two attached hydrogens (primary N) is 1. The molecular formula is C14H18N2O. The van der Waals surface area contributed by atoms with E-state index in [4.69, 9.17) is 5.73 Å². The fourth-order valence-electron chi connectivity index (χ4n) is 2.06. The van der Waals surface area contributed by atoms with Crippen LogP contribution >= 0.6 is 0 Å². The number of para-hydroxylation sites is 1. The van der Waals surface area contributed by atoms with Crippen molar-refractivity contribution in [3.8, 4) is 0 Å². The molecule has 3 N–H and O–H groups in total. The van der Waals surface area contributed by atoms with Crippen LogP contribution in [0.4, 0.5) is 0 Å². The third-order valence-electron chi connectivity index (χ3n) is 3.16. The number of aryl methyl sites for hydroxylation is 1. The van der Waals surface area contributed by atoms with Crippen LogP contribution in [0.25, 0.3) is 10.9 Å². The van der Waals surface area contributed by atoms with Crippen molar-refractivity contribution in [2.24, 2.45) is 11.7 Å². The predicted molar refractivity (Wildman–Crippen MR) is 70.2 cm³/mol. The van der Waals surface area contributed by atoms with Crippen molar-refractivity contribution in [2.45, 2.75) is 26.8 Å². The highest BCUT2D eigenvalue weighted by Crippen LogP contribution is 2.23. The molecule has 2 aromatic rings. The highest BCUT2D eigenvalue weighted by molar-refractivity contribution is 6.11. The molecule has 3 nitrogen and oxygen atoms in total. The molecule has 0 saturated heterocycles. The van der Waals surface area contributed by atoms with E-state index >= 15 is 0 Å². The number of nitrogens with one attached hydrogen (secondary N) is 1. The van der Waals surface area contributed by atoms with Gasteiger partial charge in [0.25, 0.3) is 0 Å². The molecular weight excluding hydrogens is 212 g/mol. The third-order valence-corrected chi connectivity index (χ3v) is 3.16. The van der Waals surface area contributed by atoms with Crippen LogP contribution in [0.15, 0.2) is 24.3 Å². The zero-order chi connectivity index (χ0) is 12.6. The number of Topliss-reactive ketones (excluding diaryl/α,β-unsaturated/α-hetero) is 1. The molecule has 1 aromatic heterocycles. The molecule has 0 amide bonds. The normalized spacial score (nSPS) is 13.2. The molecule has 0 saturated carbocycles. The van der Waals surface area contributed by atoms with Gasteiger partial charge in [0, 0.05) is 22.2 Å². The fraction of sp³-hybridized carbons (Fsp3) is 0.357. The molecule has 1 aromatic carbocycles. The first-order valence-corrected chi connectivity index (χ1v) is 5.89. The standard InChI is InChI=1S/C14H18N2O/c1-8(2)13(15)14(17)12-9(3)16-11-7-5-4-6-10(11)12/h4-8,13,16H,15H2,1-3H3. The molecule has 0 fully saturated rings. The molecule has 0 aliphatic carbocycles. The summed E-state index contributed by atoms with van der Waals surface area (Å²) in [6.45, 7) is 5.85. The number of hydrogen-bond acceptors (Lipinski definition) is 2. The van der Waals surface area contributed by atoms with Gasteiger partial charge in [0.15, 0.2) is 5.78 Å². The van der Waals surface area contributed by atoms with Crippen LogP contribution in [0.1, 0.15) is 29.9 Å². The maximum absolute atomic E-state index is 12.3. The molecule has 90 valence electrons. The van der Waals surface area contributed by atoms with E-state index in [-0.39, 0.29) is 11.7 Å². The highest BCUT2D eigenvalue weighted by atomic mass is 16.1. The largest absolute Gasteiger partial charge is 0.358 e. The Bertz CT molecular complexity index is 554. The van der Waals surface area contributed by atoms with E-state index in [1.807, 2.05) is 45.0 Å². The second kappa shape index (κ2) is 4.34. The van der Waals surface area contributed by atoms with Gasteiger partial charge in [-0.1, -0.05) is 32.0 Å². The zero-order valence-corrected chi connectivity index (χ0v) is 10.4. The van der Waals surface area contributed by atoms with Gasteiger partial charge in [-0.05, 0) is 18.9 Å². The predicted octanol–water partition coefficient (Wildman–Crippen LogP) is 2.64. The van der Waals surface area contributed by atoms with Crippen LogP contribution in [0.5, 0.6) is 0 Å². The van der Waals surface area contributed by atoms with Gasteiger partial charge >= 0.3 is 0 Å². The average Bonchev–Trinajstić information content (AvgIpc) is 2.62. The summed E-state index contributed by atoms with van der Waals surface area (Å²) >= 11 is 0. The van der Waals surface area contributed by atoms with Gasteiger partial charge in [0.2, 0.25) is 0 Å². The summed E-state index contributed by atoms with van der Waals surface area (Å²) in [5.74, 6) is 0.172. The first-order valence-electron chi connectivity index (χ1n) is 5.89. The van der Waals surface area contributed by atoms with Crippen molar-refractivity contribution in [3.63, 3.8) is 0 Å². The summed E-state index contributed by atoms with van der Waals surface area (Å²) < 4.78 is 0. The summed E-state index contributed by atoms with van der Waals surface area (Å²) in [5, 5.41) is 0.964. The summed E-state index contributed by atoms with van der Waals surface area (Å²) in [5.41, 5.74) is 8.57. The molecule has 1 atom stereocenters. The minimum atomic E-state index is -0.437. The molecule has 2 rings (SSSR count). The number of carbonyl (C=O) groups excluding carboxylic acids is 1. The minimum absolute atomic E-state index is 0.0231. The number of benzene rings is 1. The number of ketones is 1. The van der Waals surface area contributed by atoms with Gasteiger partial charge in [-0.2, -0.15) is 0 Å². The van der Waals surface area contributed by atoms with Gasteiger partial charge in [-0.25, -0.2) is 0 Å². The van der Waals surface area contributed by atoms with E-state index in [0.717, 1.165) is 22.2 Å². The lowest BCUT2D eigenvalue weighted by atomic mass is 9.94. The lowest BCUT2D eigenvalue weighted by Gasteiger charge is -2.14. The lowest BCUT2D eigenvalue weighted by Crippen LogP contribution is -2.35. The summed E-state index contributed by atoms with van der Waals surface area (Å²) in [6, 6.07) is 7.38. The zero-order valence-electron chi connectivity index (χ0n) is 10.4. The van der Waals surface area contributed by atoms with E-state index in [1.54, 1.807) is 0 Å². The Hall–Kier alpha value is -1.61. The Kier molecular flexibility index (Phi) is 3.03. The number of carbonyl (C=O) groups is 1. The molecule has 0 spiro atoms. The lowest BCUT2D eigenvalue weighted by molar-refractivity contribution is 0.0941. The molecule has 0 bridgehead atoms. The monoisotopic (exact) mass is 230 g/mol. The Morgan fingerprint density at radius 2 is 1.94 bits per heavy atom. The summed E-state index contributed by atoms with van der Waals surface area (Å²) in [4.78, 5) is 15.6. The van der Waals surface area contributed by atoms with Crippen molar-refractivity contribution in [3.05, 3.63) is 35.5 Å². The summed E-state index contributed by atoms with van der Waals surface area (Å²) in [6.07, 6.45) is 0. The minimum Gasteiger partial charge on any atom is -0.358 e. The smallest absolute Gasteiger partial charge is 0.182 e. The fourth-order valence-corrected chi connectivity index (χ4v) is 2.06. The van der Waals surface area contributed by atoms with E-state index in [2.05, 4.69) is 4.98 Å². The first-order chi connectivity index (χ1) is 8.02. The Labute approximate surface area is 101 Å². The Morgan fingerprint density at radius 3 is 2.59 bits per heavy atom. The molecule has 0 aliphatic rings. The number of H-pyrrole nitrogens is 1. The molecule has 1 heterocycles. The molecule has 0 aliphatic heterocycles. The van der Waals surface area contributed by atoms with Crippen molar-refractivity contribution in [2.75, 3.05) is 0 Å². The van der Waals surface area contributed by atoms with Gasteiger partial charge in [0.1, 0.15) is 0 Å². The maximum atomic E-state index is 12.3. The quantitative estimate of drug-likeness (QED) is 0.796. The number of aromatic amines is 1. The SMILES string of the molecule is Cc1[nH]c2ccccc2c1C(=O)C(N)C(C)C. The number of aromatic nitrogens is 1. The van der Waals surface area contributed by atoms with Crippen molar-refractivity contribution in [1.82, 2.24) is 4.98 Å². The van der Waals surface area contributed by atoms with Crippen LogP contribution in [0, 0.1) is 12.8 Å². The average molecular weight is 230 g/mol. The van der Waals surface area contributed by atoms with Crippen LogP contribution in [0.3, 0.4) is 0 Å². The Balaban J connectivity index is 2.55. The molecule has 1 unspecified atom stereocenters. The topological polar surface area (TPSA) is 58.9 Å².